The van der Waals surface area contributed by atoms with E-state index in [1.165, 1.54) is 0 Å². The average molecular weight is 412 g/mol. The van der Waals surface area contributed by atoms with Gasteiger partial charge in [-0.05, 0) is 51.3 Å². The number of hydrogen-bond donors (Lipinski definition) is 1. The number of allylic oxidation sites excluding steroid dienone is 2. The summed E-state index contributed by atoms with van der Waals surface area (Å²) < 4.78 is 21.7. The molecule has 1 saturated carbocycles. The van der Waals surface area contributed by atoms with Crippen molar-refractivity contribution in [2.75, 3.05) is 13.2 Å². The molecule has 0 aromatic heterocycles. The highest BCUT2D eigenvalue weighted by Gasteiger charge is 2.37. The van der Waals surface area contributed by atoms with Crippen molar-refractivity contribution in [1.82, 2.24) is 0 Å². The Balaban J connectivity index is 2.05. The largest absolute Gasteiger partial charge is 0.490 e. The van der Waals surface area contributed by atoms with E-state index in [9.17, 15) is 14.9 Å². The van der Waals surface area contributed by atoms with E-state index in [1.807, 2.05) is 6.07 Å². The van der Waals surface area contributed by atoms with Crippen molar-refractivity contribution in [3.63, 3.8) is 0 Å². The Bertz CT molecular complexity index is 968. The monoisotopic (exact) mass is 412 g/mol. The molecule has 0 bridgehead atoms. The zero-order valence-corrected chi connectivity index (χ0v) is 17.2. The molecule has 0 saturated heterocycles. The Morgan fingerprint density at radius 1 is 1.23 bits per heavy atom. The number of esters is 2. The number of nitriles is 1. The van der Waals surface area contributed by atoms with Crippen LogP contribution in [0, 0.1) is 17.2 Å². The molecule has 30 heavy (non-hydrogen) atoms. The first-order valence-corrected chi connectivity index (χ1v) is 9.85. The van der Waals surface area contributed by atoms with Gasteiger partial charge >= 0.3 is 11.9 Å². The van der Waals surface area contributed by atoms with Crippen LogP contribution >= 0.6 is 0 Å². The topological polar surface area (TPSA) is 121 Å². The number of hydrogen-bond acceptors (Lipinski definition) is 8. The smallest absolute Gasteiger partial charge is 0.338 e. The fourth-order valence-corrected chi connectivity index (χ4v) is 3.26. The second kappa shape index (κ2) is 8.91. The standard InChI is InChI=1S/C22H24N2O6/c1-4-27-17-10-14(8-9-16(17)30-21(25)13-6-7-13)19-15(11-23)20(24)29-12(3)18(19)22(26)28-5-2/h8-10,13,19H,4-7,24H2,1-3H3. The Kier molecular flexibility index (Phi) is 6.31. The predicted molar refractivity (Wildman–Crippen MR) is 106 cm³/mol. The van der Waals surface area contributed by atoms with Gasteiger partial charge < -0.3 is 24.7 Å². The maximum atomic E-state index is 12.6. The van der Waals surface area contributed by atoms with E-state index in [-0.39, 0.29) is 41.3 Å². The predicted octanol–water partition coefficient (Wildman–Crippen LogP) is 3.05. The van der Waals surface area contributed by atoms with Crippen LogP contribution in [0.25, 0.3) is 0 Å². The third kappa shape index (κ3) is 4.25. The zero-order valence-electron chi connectivity index (χ0n) is 17.2. The Morgan fingerprint density at radius 3 is 2.57 bits per heavy atom. The SMILES string of the molecule is CCOC(=O)C1=C(C)OC(N)=C(C#N)C1c1ccc(OC(=O)C2CC2)c(OCC)c1. The first-order valence-electron chi connectivity index (χ1n) is 9.85. The molecule has 1 aromatic carbocycles. The molecule has 0 radical (unpaired) electrons. The summed E-state index contributed by atoms with van der Waals surface area (Å²) in [6.07, 6.45) is 1.65. The van der Waals surface area contributed by atoms with Gasteiger partial charge in [0, 0.05) is 0 Å². The van der Waals surface area contributed by atoms with Crippen molar-refractivity contribution >= 4 is 11.9 Å². The summed E-state index contributed by atoms with van der Waals surface area (Å²) in [5, 5.41) is 9.68. The molecule has 1 unspecified atom stereocenters. The van der Waals surface area contributed by atoms with E-state index in [0.29, 0.717) is 23.7 Å². The molecule has 1 aliphatic carbocycles. The lowest BCUT2D eigenvalue weighted by molar-refractivity contribution is -0.139. The Hall–Kier alpha value is -3.47. The summed E-state index contributed by atoms with van der Waals surface area (Å²) in [7, 11) is 0. The van der Waals surface area contributed by atoms with Crippen LogP contribution in [0.5, 0.6) is 11.5 Å². The van der Waals surface area contributed by atoms with Crippen molar-refractivity contribution in [2.45, 2.75) is 39.5 Å². The van der Waals surface area contributed by atoms with Gasteiger partial charge in [-0.1, -0.05) is 6.07 Å². The Morgan fingerprint density at radius 2 is 1.97 bits per heavy atom. The first-order chi connectivity index (χ1) is 14.4. The van der Waals surface area contributed by atoms with Gasteiger partial charge in [-0.25, -0.2) is 4.79 Å². The van der Waals surface area contributed by atoms with E-state index in [2.05, 4.69) is 0 Å². The van der Waals surface area contributed by atoms with Crippen LogP contribution in [-0.2, 0) is 19.1 Å². The van der Waals surface area contributed by atoms with Gasteiger partial charge in [0.25, 0.3) is 0 Å². The highest BCUT2D eigenvalue weighted by molar-refractivity contribution is 5.92. The molecule has 0 amide bonds. The van der Waals surface area contributed by atoms with Gasteiger partial charge in [-0.2, -0.15) is 5.26 Å². The number of carbonyl (C=O) groups is 2. The third-order valence-electron chi connectivity index (χ3n) is 4.82. The van der Waals surface area contributed by atoms with Gasteiger partial charge in [0.2, 0.25) is 5.88 Å². The lowest BCUT2D eigenvalue weighted by Gasteiger charge is -2.27. The molecular formula is C22H24N2O6. The van der Waals surface area contributed by atoms with Crippen LogP contribution in [0.3, 0.4) is 0 Å². The van der Waals surface area contributed by atoms with Crippen LogP contribution in [0.2, 0.25) is 0 Å². The van der Waals surface area contributed by atoms with Crippen molar-refractivity contribution in [2.24, 2.45) is 11.7 Å². The molecular weight excluding hydrogens is 388 g/mol. The first kappa shape index (κ1) is 21.2. The lowest BCUT2D eigenvalue weighted by atomic mass is 9.83. The fraction of sp³-hybridized carbons (Fsp3) is 0.409. The molecule has 3 rings (SSSR count). The van der Waals surface area contributed by atoms with Crippen LogP contribution in [0.4, 0.5) is 0 Å². The van der Waals surface area contributed by atoms with Gasteiger partial charge in [0.15, 0.2) is 11.5 Å². The summed E-state index contributed by atoms with van der Waals surface area (Å²) >= 11 is 0. The quantitative estimate of drug-likeness (QED) is 0.536. The van der Waals surface area contributed by atoms with Gasteiger partial charge in [-0.15, -0.1) is 0 Å². The summed E-state index contributed by atoms with van der Waals surface area (Å²) in [4.78, 5) is 24.7. The zero-order chi connectivity index (χ0) is 21.8. The molecule has 1 fully saturated rings. The van der Waals surface area contributed by atoms with Gasteiger partial charge in [0.05, 0.1) is 30.6 Å². The van der Waals surface area contributed by atoms with E-state index < -0.39 is 11.9 Å². The van der Waals surface area contributed by atoms with E-state index in [1.54, 1.807) is 39.0 Å². The maximum Gasteiger partial charge on any atom is 0.338 e. The molecule has 0 spiro atoms. The van der Waals surface area contributed by atoms with Gasteiger partial charge in [0.1, 0.15) is 17.4 Å². The number of rotatable bonds is 7. The minimum absolute atomic E-state index is 0.0661. The maximum absolute atomic E-state index is 12.6. The second-order valence-electron chi connectivity index (χ2n) is 6.95. The van der Waals surface area contributed by atoms with E-state index >= 15 is 0 Å². The van der Waals surface area contributed by atoms with Crippen LogP contribution in [-0.4, -0.2) is 25.2 Å². The number of carbonyl (C=O) groups excluding carboxylic acids is 2. The lowest BCUT2D eigenvalue weighted by Crippen LogP contribution is -2.25. The molecule has 8 nitrogen and oxygen atoms in total. The van der Waals surface area contributed by atoms with Crippen LogP contribution < -0.4 is 15.2 Å². The van der Waals surface area contributed by atoms with E-state index in [4.69, 9.17) is 24.7 Å². The minimum atomic E-state index is -0.796. The summed E-state index contributed by atoms with van der Waals surface area (Å²) in [5.41, 5.74) is 6.77. The average Bonchev–Trinajstić information content (AvgIpc) is 3.54. The fourth-order valence-electron chi connectivity index (χ4n) is 3.26. The van der Waals surface area contributed by atoms with Crippen molar-refractivity contribution < 1.29 is 28.5 Å². The molecule has 1 atom stereocenters. The number of benzene rings is 1. The Labute approximate surface area is 174 Å². The molecule has 1 heterocycles. The molecule has 1 aliphatic heterocycles. The minimum Gasteiger partial charge on any atom is -0.490 e. The molecule has 1 aromatic rings. The molecule has 2 aliphatic rings. The van der Waals surface area contributed by atoms with Gasteiger partial charge in [-0.3, -0.25) is 4.79 Å². The van der Waals surface area contributed by atoms with E-state index in [0.717, 1.165) is 12.8 Å². The summed E-state index contributed by atoms with van der Waals surface area (Å²) in [6, 6.07) is 6.95. The molecule has 2 N–H and O–H groups in total. The van der Waals surface area contributed by atoms with Crippen LogP contribution in [0.1, 0.15) is 45.1 Å². The molecule has 158 valence electrons. The highest BCUT2D eigenvalue weighted by atomic mass is 16.6. The van der Waals surface area contributed by atoms with Crippen molar-refractivity contribution in [3.05, 3.63) is 46.6 Å². The number of nitrogens with zero attached hydrogens (tertiary/aromatic N) is 1. The van der Waals surface area contributed by atoms with Crippen LogP contribution in [0.15, 0.2) is 41.0 Å². The molecule has 8 heteroatoms. The summed E-state index contributed by atoms with van der Waals surface area (Å²) in [6.45, 7) is 5.60. The highest BCUT2D eigenvalue weighted by Crippen LogP contribution is 2.42. The number of nitrogens with two attached hydrogens (primary N) is 1. The van der Waals surface area contributed by atoms with Crippen molar-refractivity contribution in [1.29, 1.82) is 5.26 Å². The van der Waals surface area contributed by atoms with Crippen molar-refractivity contribution in [3.8, 4) is 17.6 Å². The summed E-state index contributed by atoms with van der Waals surface area (Å²) in [5.74, 6) is -0.932. The second-order valence-corrected chi connectivity index (χ2v) is 6.95. The number of ether oxygens (including phenoxy) is 4. The normalized spacial score (nSPS) is 18.4. The third-order valence-corrected chi connectivity index (χ3v) is 4.82.